The fraction of sp³-hybridized carbons (Fsp3) is 0.438. The summed E-state index contributed by atoms with van der Waals surface area (Å²) in [6.07, 6.45) is 1.84. The van der Waals surface area contributed by atoms with Gasteiger partial charge in [0.25, 0.3) is 0 Å². The molecule has 0 aliphatic carbocycles. The number of anilines is 1. The summed E-state index contributed by atoms with van der Waals surface area (Å²) in [7, 11) is 0. The van der Waals surface area contributed by atoms with Crippen molar-refractivity contribution in [3.63, 3.8) is 0 Å². The van der Waals surface area contributed by atoms with Crippen LogP contribution in [0, 0.1) is 0 Å². The van der Waals surface area contributed by atoms with E-state index in [4.69, 9.17) is 9.47 Å². The van der Waals surface area contributed by atoms with Gasteiger partial charge in [-0.3, -0.25) is 0 Å². The predicted molar refractivity (Wildman–Crippen MR) is 88.7 cm³/mol. The maximum atomic E-state index is 5.76. The number of rotatable bonds is 9. The third-order valence-electron chi connectivity index (χ3n) is 2.96. The first-order valence-corrected chi connectivity index (χ1v) is 7.67. The summed E-state index contributed by atoms with van der Waals surface area (Å²) in [5.74, 6) is 2.10. The molecule has 0 radical (unpaired) electrons. The van der Waals surface area contributed by atoms with Gasteiger partial charge in [-0.2, -0.15) is 0 Å². The molecule has 2 aromatic rings. The Hall–Kier alpha value is -2.57. The Morgan fingerprint density at radius 2 is 2.17 bits per heavy atom. The van der Waals surface area contributed by atoms with Gasteiger partial charge < -0.3 is 14.8 Å². The molecule has 23 heavy (non-hydrogen) atoms. The van der Waals surface area contributed by atoms with Gasteiger partial charge >= 0.3 is 0 Å². The lowest BCUT2D eigenvalue weighted by Crippen LogP contribution is -2.10. The van der Waals surface area contributed by atoms with E-state index in [0.29, 0.717) is 25.6 Å². The second-order valence-corrected chi connectivity index (χ2v) is 5.21. The van der Waals surface area contributed by atoms with Gasteiger partial charge in [0.1, 0.15) is 0 Å². The van der Waals surface area contributed by atoms with Gasteiger partial charge in [0.05, 0.1) is 19.3 Å². The predicted octanol–water partition coefficient (Wildman–Crippen LogP) is 2.66. The van der Waals surface area contributed by atoms with Crippen molar-refractivity contribution < 1.29 is 9.47 Å². The topological polar surface area (TPSA) is 74.1 Å². The molecule has 1 heterocycles. The van der Waals surface area contributed by atoms with E-state index in [2.05, 4.69) is 27.4 Å². The average Bonchev–Trinajstić information content (AvgIpc) is 2.95. The second-order valence-electron chi connectivity index (χ2n) is 5.21. The lowest BCUT2D eigenvalue weighted by atomic mass is 10.2. The van der Waals surface area contributed by atoms with Crippen LogP contribution < -0.4 is 14.8 Å². The number of allylic oxidation sites excluding steroid dienone is 1. The van der Waals surface area contributed by atoms with E-state index in [9.17, 15) is 0 Å². The number of benzene rings is 1. The molecular weight excluding hydrogens is 294 g/mol. The van der Waals surface area contributed by atoms with Crippen molar-refractivity contribution in [1.29, 1.82) is 0 Å². The third kappa shape index (κ3) is 4.70. The number of aromatic nitrogens is 4. The Morgan fingerprint density at radius 3 is 2.87 bits per heavy atom. The van der Waals surface area contributed by atoms with E-state index in [1.165, 1.54) is 0 Å². The average molecular weight is 317 g/mol. The summed E-state index contributed by atoms with van der Waals surface area (Å²) >= 11 is 0. The van der Waals surface area contributed by atoms with E-state index in [-0.39, 0.29) is 6.10 Å². The standard InChI is InChI=1S/C16H23N5O2/c1-5-9-21-16(18-19-20-21)17-11-13-7-8-14(23-12(3)4)15(10-13)22-6-2/h5,7-8,10,12H,1,6,9,11H2,2-4H3,(H,17,18,20). The molecule has 7 heteroatoms. The molecule has 0 aliphatic heterocycles. The molecule has 1 aromatic carbocycles. The van der Waals surface area contributed by atoms with Crippen molar-refractivity contribution in [3.05, 3.63) is 36.4 Å². The molecule has 0 amide bonds. The first-order chi connectivity index (χ1) is 11.1. The number of hydrogen-bond acceptors (Lipinski definition) is 6. The Kier molecular flexibility index (Phi) is 5.96. The molecule has 2 rings (SSSR count). The molecule has 1 aromatic heterocycles. The summed E-state index contributed by atoms with van der Waals surface area (Å²) in [5.41, 5.74) is 1.05. The Morgan fingerprint density at radius 1 is 1.35 bits per heavy atom. The SMILES string of the molecule is C=CCn1nnnc1NCc1ccc(OC(C)C)c(OCC)c1. The van der Waals surface area contributed by atoms with Gasteiger partial charge in [-0.05, 0) is 48.9 Å². The van der Waals surface area contributed by atoms with Crippen LogP contribution in [0.15, 0.2) is 30.9 Å². The first-order valence-electron chi connectivity index (χ1n) is 7.67. The van der Waals surface area contributed by atoms with Crippen molar-refractivity contribution in [2.45, 2.75) is 40.0 Å². The fourth-order valence-electron chi connectivity index (χ4n) is 2.04. The molecule has 1 N–H and O–H groups in total. The Labute approximate surface area is 136 Å². The third-order valence-corrected chi connectivity index (χ3v) is 2.96. The zero-order chi connectivity index (χ0) is 16.7. The highest BCUT2D eigenvalue weighted by Crippen LogP contribution is 2.29. The number of hydrogen-bond donors (Lipinski definition) is 1. The molecule has 0 fully saturated rings. The van der Waals surface area contributed by atoms with Crippen molar-refractivity contribution in [2.24, 2.45) is 0 Å². The molecule has 0 spiro atoms. The maximum absolute atomic E-state index is 5.76. The van der Waals surface area contributed by atoms with Crippen LogP contribution in [-0.2, 0) is 13.1 Å². The van der Waals surface area contributed by atoms with E-state index < -0.39 is 0 Å². The zero-order valence-electron chi connectivity index (χ0n) is 13.8. The van der Waals surface area contributed by atoms with E-state index in [0.717, 1.165) is 17.1 Å². The maximum Gasteiger partial charge on any atom is 0.243 e. The minimum absolute atomic E-state index is 0.0988. The van der Waals surface area contributed by atoms with Crippen molar-refractivity contribution in [1.82, 2.24) is 20.2 Å². The minimum Gasteiger partial charge on any atom is -0.490 e. The number of nitrogens with zero attached hydrogens (tertiary/aromatic N) is 4. The lowest BCUT2D eigenvalue weighted by Gasteiger charge is -2.15. The van der Waals surface area contributed by atoms with E-state index >= 15 is 0 Å². The molecule has 0 atom stereocenters. The van der Waals surface area contributed by atoms with Gasteiger partial charge in [-0.15, -0.1) is 6.58 Å². The molecule has 0 aliphatic rings. The van der Waals surface area contributed by atoms with Gasteiger partial charge in [0, 0.05) is 6.54 Å². The number of ether oxygens (including phenoxy) is 2. The molecule has 0 unspecified atom stereocenters. The first kappa shape index (κ1) is 16.8. The normalized spacial score (nSPS) is 10.6. The molecule has 124 valence electrons. The highest BCUT2D eigenvalue weighted by atomic mass is 16.5. The zero-order valence-corrected chi connectivity index (χ0v) is 13.8. The van der Waals surface area contributed by atoms with Crippen LogP contribution in [0.4, 0.5) is 5.95 Å². The summed E-state index contributed by atoms with van der Waals surface area (Å²) in [6, 6.07) is 5.89. The highest BCUT2D eigenvalue weighted by Gasteiger charge is 2.09. The van der Waals surface area contributed by atoms with Crippen LogP contribution in [0.1, 0.15) is 26.3 Å². The number of tetrazole rings is 1. The quantitative estimate of drug-likeness (QED) is 0.717. The lowest BCUT2D eigenvalue weighted by molar-refractivity contribution is 0.223. The second kappa shape index (κ2) is 8.17. The fourth-order valence-corrected chi connectivity index (χ4v) is 2.04. The molecule has 0 bridgehead atoms. The smallest absolute Gasteiger partial charge is 0.243 e. The molecular formula is C16H23N5O2. The largest absolute Gasteiger partial charge is 0.490 e. The summed E-state index contributed by atoms with van der Waals surface area (Å²) in [4.78, 5) is 0. The van der Waals surface area contributed by atoms with Crippen LogP contribution >= 0.6 is 0 Å². The summed E-state index contributed by atoms with van der Waals surface area (Å²) in [6.45, 7) is 11.3. The monoisotopic (exact) mass is 317 g/mol. The van der Waals surface area contributed by atoms with Crippen molar-refractivity contribution in [2.75, 3.05) is 11.9 Å². The van der Waals surface area contributed by atoms with Crippen molar-refractivity contribution >= 4 is 5.95 Å². The van der Waals surface area contributed by atoms with Crippen LogP contribution in [0.3, 0.4) is 0 Å². The molecule has 7 nitrogen and oxygen atoms in total. The summed E-state index contributed by atoms with van der Waals surface area (Å²) in [5, 5.41) is 14.7. The summed E-state index contributed by atoms with van der Waals surface area (Å²) < 4.78 is 13.1. The van der Waals surface area contributed by atoms with Crippen LogP contribution in [0.2, 0.25) is 0 Å². The Balaban J connectivity index is 2.08. The highest BCUT2D eigenvalue weighted by molar-refractivity contribution is 5.44. The van der Waals surface area contributed by atoms with Crippen molar-refractivity contribution in [3.8, 4) is 11.5 Å². The van der Waals surface area contributed by atoms with Gasteiger partial charge in [0.2, 0.25) is 5.95 Å². The van der Waals surface area contributed by atoms with Crippen LogP contribution in [0.25, 0.3) is 0 Å². The van der Waals surface area contributed by atoms with Gasteiger partial charge in [-0.1, -0.05) is 17.2 Å². The van der Waals surface area contributed by atoms with E-state index in [1.54, 1.807) is 10.8 Å². The minimum atomic E-state index is 0.0988. The van der Waals surface area contributed by atoms with Crippen LogP contribution in [-0.4, -0.2) is 32.9 Å². The Bertz CT molecular complexity index is 639. The van der Waals surface area contributed by atoms with Gasteiger partial charge in [0.15, 0.2) is 11.5 Å². The molecule has 0 saturated carbocycles. The van der Waals surface area contributed by atoms with Gasteiger partial charge in [-0.25, -0.2) is 4.68 Å². The van der Waals surface area contributed by atoms with E-state index in [1.807, 2.05) is 39.0 Å². The molecule has 0 saturated heterocycles. The number of nitrogens with one attached hydrogen (secondary N) is 1. The van der Waals surface area contributed by atoms with Crippen LogP contribution in [0.5, 0.6) is 11.5 Å².